The average Bonchev–Trinajstić information content (AvgIpc) is 2.47. The van der Waals surface area contributed by atoms with Crippen molar-refractivity contribution >= 4 is 5.82 Å². The van der Waals surface area contributed by atoms with Crippen LogP contribution < -0.4 is 10.2 Å². The van der Waals surface area contributed by atoms with Crippen molar-refractivity contribution in [3.8, 4) is 0 Å². The summed E-state index contributed by atoms with van der Waals surface area (Å²) in [4.78, 5) is 10.8. The van der Waals surface area contributed by atoms with E-state index in [9.17, 15) is 0 Å². The van der Waals surface area contributed by atoms with E-state index in [2.05, 4.69) is 46.3 Å². The smallest absolute Gasteiger partial charge is 0.133 e. The van der Waals surface area contributed by atoms with Gasteiger partial charge in [-0.2, -0.15) is 0 Å². The van der Waals surface area contributed by atoms with Crippen molar-refractivity contribution in [3.63, 3.8) is 0 Å². The van der Waals surface area contributed by atoms with E-state index in [4.69, 9.17) is 0 Å². The van der Waals surface area contributed by atoms with Crippen molar-refractivity contribution in [1.82, 2.24) is 15.3 Å². The van der Waals surface area contributed by atoms with E-state index in [1.807, 2.05) is 31.6 Å². The molecular formula is C15H20N4. The molecule has 0 radical (unpaired) electrons. The molecule has 4 heteroatoms. The average molecular weight is 256 g/mol. The maximum absolute atomic E-state index is 4.51. The van der Waals surface area contributed by atoms with E-state index in [-0.39, 0.29) is 6.04 Å². The molecule has 0 aliphatic carbocycles. The van der Waals surface area contributed by atoms with Gasteiger partial charge in [-0.25, -0.2) is 4.98 Å². The first-order chi connectivity index (χ1) is 9.22. The zero-order valence-corrected chi connectivity index (χ0v) is 11.7. The molecule has 1 unspecified atom stereocenters. The number of hydrogen-bond acceptors (Lipinski definition) is 4. The first-order valence-corrected chi connectivity index (χ1v) is 6.44. The van der Waals surface area contributed by atoms with E-state index < -0.39 is 0 Å². The second kappa shape index (κ2) is 6.29. The number of hydrogen-bond donors (Lipinski definition) is 1. The van der Waals surface area contributed by atoms with Gasteiger partial charge in [0, 0.05) is 43.8 Å². The van der Waals surface area contributed by atoms with Crippen LogP contribution in [0.3, 0.4) is 0 Å². The Hall–Kier alpha value is -1.94. The molecule has 0 aliphatic heterocycles. The van der Waals surface area contributed by atoms with Crippen LogP contribution in [0.1, 0.15) is 24.1 Å². The zero-order chi connectivity index (χ0) is 13.7. The number of aromatic nitrogens is 2. The van der Waals surface area contributed by atoms with E-state index >= 15 is 0 Å². The topological polar surface area (TPSA) is 41.1 Å². The summed E-state index contributed by atoms with van der Waals surface area (Å²) < 4.78 is 0. The molecule has 0 bridgehead atoms. The molecule has 0 saturated carbocycles. The molecule has 0 fully saturated rings. The van der Waals surface area contributed by atoms with Crippen molar-refractivity contribution < 1.29 is 0 Å². The van der Waals surface area contributed by atoms with Gasteiger partial charge in [0.1, 0.15) is 5.82 Å². The molecule has 1 N–H and O–H groups in total. The highest BCUT2D eigenvalue weighted by atomic mass is 15.2. The number of anilines is 1. The molecular weight excluding hydrogens is 236 g/mol. The summed E-state index contributed by atoms with van der Waals surface area (Å²) in [7, 11) is 4.02. The third-order valence-corrected chi connectivity index (χ3v) is 3.22. The molecule has 1 atom stereocenters. The molecule has 2 aromatic rings. The molecule has 0 spiro atoms. The molecule has 19 heavy (non-hydrogen) atoms. The minimum Gasteiger partial charge on any atom is -0.355 e. The van der Waals surface area contributed by atoms with E-state index in [0.717, 1.165) is 12.4 Å². The third kappa shape index (κ3) is 3.29. The summed E-state index contributed by atoms with van der Waals surface area (Å²) in [6, 6.07) is 8.40. The van der Waals surface area contributed by atoms with Gasteiger partial charge >= 0.3 is 0 Å². The van der Waals surface area contributed by atoms with Crippen LogP contribution in [0.25, 0.3) is 0 Å². The highest BCUT2D eigenvalue weighted by Gasteiger charge is 2.13. The van der Waals surface area contributed by atoms with Crippen LogP contribution in [0.4, 0.5) is 5.82 Å². The largest absolute Gasteiger partial charge is 0.355 e. The van der Waals surface area contributed by atoms with Gasteiger partial charge < -0.3 is 10.2 Å². The van der Waals surface area contributed by atoms with E-state index in [0.29, 0.717) is 0 Å². The van der Waals surface area contributed by atoms with Gasteiger partial charge in [0.2, 0.25) is 0 Å². The lowest BCUT2D eigenvalue weighted by atomic mass is 10.1. The normalized spacial score (nSPS) is 12.2. The minimum absolute atomic E-state index is 0.278. The summed E-state index contributed by atoms with van der Waals surface area (Å²) in [5.74, 6) is 1.01. The summed E-state index contributed by atoms with van der Waals surface area (Å²) in [5.41, 5.74) is 2.38. The Bertz CT molecular complexity index is 513. The summed E-state index contributed by atoms with van der Waals surface area (Å²) in [5, 5.41) is 3.26. The van der Waals surface area contributed by atoms with Gasteiger partial charge in [-0.15, -0.1) is 0 Å². The first kappa shape index (κ1) is 13.5. The summed E-state index contributed by atoms with van der Waals surface area (Å²) >= 11 is 0. The maximum atomic E-state index is 4.51. The highest BCUT2D eigenvalue weighted by Crippen LogP contribution is 2.23. The Balaban J connectivity index is 2.21. The predicted molar refractivity (Wildman–Crippen MR) is 78.1 cm³/mol. The highest BCUT2D eigenvalue weighted by molar-refractivity contribution is 5.48. The zero-order valence-electron chi connectivity index (χ0n) is 11.7. The van der Waals surface area contributed by atoms with Gasteiger partial charge in [0.25, 0.3) is 0 Å². The number of rotatable bonds is 5. The lowest BCUT2D eigenvalue weighted by Gasteiger charge is -2.23. The molecule has 2 heterocycles. The number of nitrogens with one attached hydrogen (secondary N) is 1. The molecule has 0 saturated heterocycles. The fourth-order valence-electron chi connectivity index (χ4n) is 2.06. The SMILES string of the molecule is CNC(C)c1cccnc1N(C)Cc1cccnc1. The Labute approximate surface area is 114 Å². The Kier molecular flexibility index (Phi) is 4.47. The Morgan fingerprint density at radius 1 is 1.26 bits per heavy atom. The van der Waals surface area contributed by atoms with Crippen LogP contribution in [0.2, 0.25) is 0 Å². The number of nitrogens with zero attached hydrogens (tertiary/aromatic N) is 3. The van der Waals surface area contributed by atoms with E-state index in [1.54, 1.807) is 6.20 Å². The molecule has 0 amide bonds. The standard InChI is InChI=1S/C15H20N4/c1-12(16-2)14-7-5-9-18-15(14)19(3)11-13-6-4-8-17-10-13/h4-10,12,16H,11H2,1-3H3. The minimum atomic E-state index is 0.278. The van der Waals surface area contributed by atoms with Crippen LogP contribution in [0.5, 0.6) is 0 Å². The number of pyridine rings is 2. The van der Waals surface area contributed by atoms with Crippen LogP contribution in [0.15, 0.2) is 42.9 Å². The van der Waals surface area contributed by atoms with E-state index in [1.165, 1.54) is 11.1 Å². The molecule has 0 aromatic carbocycles. The van der Waals surface area contributed by atoms with Crippen LogP contribution in [-0.4, -0.2) is 24.1 Å². The monoisotopic (exact) mass is 256 g/mol. The van der Waals surface area contributed by atoms with Crippen LogP contribution in [-0.2, 0) is 6.54 Å². The van der Waals surface area contributed by atoms with Crippen molar-refractivity contribution in [2.45, 2.75) is 19.5 Å². The lowest BCUT2D eigenvalue weighted by Crippen LogP contribution is -2.22. The Morgan fingerprint density at radius 2 is 2.05 bits per heavy atom. The first-order valence-electron chi connectivity index (χ1n) is 6.44. The van der Waals surface area contributed by atoms with Crippen LogP contribution >= 0.6 is 0 Å². The third-order valence-electron chi connectivity index (χ3n) is 3.22. The summed E-state index contributed by atoms with van der Waals surface area (Å²) in [6.45, 7) is 2.94. The molecule has 0 aliphatic rings. The predicted octanol–water partition coefficient (Wildman–Crippen LogP) is 2.39. The lowest BCUT2D eigenvalue weighted by molar-refractivity contribution is 0.646. The van der Waals surface area contributed by atoms with Crippen molar-refractivity contribution in [1.29, 1.82) is 0 Å². The van der Waals surface area contributed by atoms with Crippen molar-refractivity contribution in [2.24, 2.45) is 0 Å². The molecule has 100 valence electrons. The van der Waals surface area contributed by atoms with Gasteiger partial charge in [0.05, 0.1) is 0 Å². The summed E-state index contributed by atoms with van der Waals surface area (Å²) in [6.07, 6.45) is 5.51. The Morgan fingerprint density at radius 3 is 2.74 bits per heavy atom. The fourth-order valence-corrected chi connectivity index (χ4v) is 2.06. The second-order valence-corrected chi connectivity index (χ2v) is 4.64. The second-order valence-electron chi connectivity index (χ2n) is 4.64. The fraction of sp³-hybridized carbons (Fsp3) is 0.333. The van der Waals surface area contributed by atoms with Crippen molar-refractivity contribution in [2.75, 3.05) is 19.0 Å². The van der Waals surface area contributed by atoms with Gasteiger partial charge in [-0.3, -0.25) is 4.98 Å². The molecule has 2 aromatic heterocycles. The molecule has 2 rings (SSSR count). The van der Waals surface area contributed by atoms with Gasteiger partial charge in [-0.1, -0.05) is 12.1 Å². The van der Waals surface area contributed by atoms with Gasteiger partial charge in [0.15, 0.2) is 0 Å². The van der Waals surface area contributed by atoms with Gasteiger partial charge in [-0.05, 0) is 31.7 Å². The van der Waals surface area contributed by atoms with Crippen molar-refractivity contribution in [3.05, 3.63) is 54.0 Å². The maximum Gasteiger partial charge on any atom is 0.133 e. The van der Waals surface area contributed by atoms with Crippen LogP contribution in [0, 0.1) is 0 Å². The quantitative estimate of drug-likeness (QED) is 0.892. The molecule has 4 nitrogen and oxygen atoms in total.